The monoisotopic (exact) mass is 231 g/mol. The molecule has 1 aliphatic rings. The Labute approximate surface area is 95.8 Å². The number of hydrogen-bond acceptors (Lipinski definition) is 4. The van der Waals surface area contributed by atoms with Crippen molar-refractivity contribution in [2.75, 3.05) is 19.8 Å². The summed E-state index contributed by atoms with van der Waals surface area (Å²) in [5.41, 5.74) is -0.796. The number of nitrogens with one attached hydrogen (secondary N) is 1. The molecule has 0 spiro atoms. The van der Waals surface area contributed by atoms with E-state index in [0.29, 0.717) is 12.3 Å². The summed E-state index contributed by atoms with van der Waals surface area (Å²) >= 11 is 0. The summed E-state index contributed by atoms with van der Waals surface area (Å²) < 4.78 is 4.64. The molecule has 0 radical (unpaired) electrons. The maximum absolute atomic E-state index is 11.1. The zero-order valence-corrected chi connectivity index (χ0v) is 9.74. The molecule has 1 aliphatic carbocycles. The first kappa shape index (κ1) is 13.3. The van der Waals surface area contributed by atoms with Crippen molar-refractivity contribution in [1.29, 1.82) is 0 Å². The van der Waals surface area contributed by atoms with Gasteiger partial charge in [0.15, 0.2) is 0 Å². The third-order valence-corrected chi connectivity index (χ3v) is 2.95. The molecular formula is C11H21NO4. The standard InChI is InChI=1S/C11H21NO4/c1-9-3-2-4-11(15,7-9)8-12-10(14)16-6-5-13/h9,13,15H,2-8H2,1H3,(H,12,14). The van der Waals surface area contributed by atoms with Crippen molar-refractivity contribution < 1.29 is 19.7 Å². The molecule has 0 heterocycles. The smallest absolute Gasteiger partial charge is 0.407 e. The highest BCUT2D eigenvalue weighted by molar-refractivity contribution is 5.67. The van der Waals surface area contributed by atoms with E-state index >= 15 is 0 Å². The molecule has 0 aromatic rings. The quantitative estimate of drug-likeness (QED) is 0.663. The van der Waals surface area contributed by atoms with E-state index in [1.807, 2.05) is 0 Å². The number of ether oxygens (including phenoxy) is 1. The molecule has 16 heavy (non-hydrogen) atoms. The zero-order chi connectivity index (χ0) is 12.0. The van der Waals surface area contributed by atoms with Gasteiger partial charge in [0.1, 0.15) is 6.61 Å². The third kappa shape index (κ3) is 4.37. The first-order valence-electron chi connectivity index (χ1n) is 5.79. The van der Waals surface area contributed by atoms with Crippen molar-refractivity contribution in [3.63, 3.8) is 0 Å². The number of hydrogen-bond donors (Lipinski definition) is 3. The van der Waals surface area contributed by atoms with Crippen LogP contribution < -0.4 is 5.32 Å². The Hall–Kier alpha value is -0.810. The molecule has 5 heteroatoms. The Morgan fingerprint density at radius 1 is 1.62 bits per heavy atom. The highest BCUT2D eigenvalue weighted by Crippen LogP contribution is 2.31. The van der Waals surface area contributed by atoms with Crippen LogP contribution >= 0.6 is 0 Å². The lowest BCUT2D eigenvalue weighted by atomic mass is 9.79. The molecule has 1 amide bonds. The van der Waals surface area contributed by atoms with E-state index < -0.39 is 11.7 Å². The Bertz CT molecular complexity index is 234. The van der Waals surface area contributed by atoms with E-state index in [1.54, 1.807) is 0 Å². The summed E-state index contributed by atoms with van der Waals surface area (Å²) in [5.74, 6) is 0.494. The summed E-state index contributed by atoms with van der Waals surface area (Å²) in [5, 5.41) is 21.2. The number of aliphatic hydroxyl groups excluding tert-OH is 1. The third-order valence-electron chi connectivity index (χ3n) is 2.95. The topological polar surface area (TPSA) is 78.8 Å². The summed E-state index contributed by atoms with van der Waals surface area (Å²) in [6, 6.07) is 0. The summed E-state index contributed by atoms with van der Waals surface area (Å²) in [4.78, 5) is 11.1. The van der Waals surface area contributed by atoms with Crippen LogP contribution in [0.1, 0.15) is 32.6 Å². The predicted molar refractivity (Wildman–Crippen MR) is 59.0 cm³/mol. The van der Waals surface area contributed by atoms with E-state index in [-0.39, 0.29) is 19.8 Å². The fourth-order valence-corrected chi connectivity index (χ4v) is 2.22. The fourth-order valence-electron chi connectivity index (χ4n) is 2.22. The van der Waals surface area contributed by atoms with Crippen molar-refractivity contribution in [3.05, 3.63) is 0 Å². The molecule has 1 saturated carbocycles. The molecule has 94 valence electrons. The average molecular weight is 231 g/mol. The minimum Gasteiger partial charge on any atom is -0.447 e. The minimum atomic E-state index is -0.796. The van der Waals surface area contributed by atoms with Crippen LogP contribution in [0.25, 0.3) is 0 Å². The second-order valence-corrected chi connectivity index (χ2v) is 4.64. The normalized spacial score (nSPS) is 29.8. The van der Waals surface area contributed by atoms with Crippen LogP contribution in [0.15, 0.2) is 0 Å². The molecule has 0 aromatic carbocycles. The van der Waals surface area contributed by atoms with Gasteiger partial charge in [-0.2, -0.15) is 0 Å². The van der Waals surface area contributed by atoms with Crippen LogP contribution in [0.2, 0.25) is 0 Å². The van der Waals surface area contributed by atoms with Gasteiger partial charge >= 0.3 is 6.09 Å². The number of amides is 1. The molecule has 0 aromatic heterocycles. The Morgan fingerprint density at radius 3 is 3.00 bits per heavy atom. The Kier molecular flexibility index (Phi) is 5.02. The predicted octanol–water partition coefficient (Wildman–Crippen LogP) is 0.646. The SMILES string of the molecule is CC1CCCC(O)(CNC(=O)OCCO)C1. The van der Waals surface area contributed by atoms with Gasteiger partial charge in [-0.3, -0.25) is 0 Å². The number of alkyl carbamates (subject to hydrolysis) is 1. The molecule has 3 N–H and O–H groups in total. The van der Waals surface area contributed by atoms with E-state index in [9.17, 15) is 9.90 Å². The first-order valence-corrected chi connectivity index (χ1v) is 5.79. The second kappa shape index (κ2) is 6.06. The molecule has 2 atom stereocenters. The minimum absolute atomic E-state index is 0.0132. The van der Waals surface area contributed by atoms with Crippen LogP contribution in [0.3, 0.4) is 0 Å². The lowest BCUT2D eigenvalue weighted by Crippen LogP contribution is -2.46. The molecule has 0 aliphatic heterocycles. The Morgan fingerprint density at radius 2 is 2.38 bits per heavy atom. The van der Waals surface area contributed by atoms with Gasteiger partial charge in [0, 0.05) is 6.54 Å². The maximum atomic E-state index is 11.1. The number of carbonyl (C=O) groups excluding carboxylic acids is 1. The molecule has 0 bridgehead atoms. The van der Waals surface area contributed by atoms with Crippen LogP contribution in [-0.4, -0.2) is 41.7 Å². The average Bonchev–Trinajstić information content (AvgIpc) is 2.23. The van der Waals surface area contributed by atoms with Crippen LogP contribution in [-0.2, 0) is 4.74 Å². The number of aliphatic hydroxyl groups is 2. The summed E-state index contributed by atoms with van der Waals surface area (Å²) in [6.45, 7) is 2.13. The lowest BCUT2D eigenvalue weighted by Gasteiger charge is -2.35. The molecule has 2 unspecified atom stereocenters. The van der Waals surface area contributed by atoms with Crippen molar-refractivity contribution in [2.24, 2.45) is 5.92 Å². The van der Waals surface area contributed by atoms with E-state index in [2.05, 4.69) is 17.0 Å². The van der Waals surface area contributed by atoms with Gasteiger partial charge in [0.2, 0.25) is 0 Å². The van der Waals surface area contributed by atoms with E-state index in [4.69, 9.17) is 5.11 Å². The van der Waals surface area contributed by atoms with Crippen LogP contribution in [0, 0.1) is 5.92 Å². The van der Waals surface area contributed by atoms with Gasteiger partial charge in [0.05, 0.1) is 12.2 Å². The largest absolute Gasteiger partial charge is 0.447 e. The maximum Gasteiger partial charge on any atom is 0.407 e. The Balaban J connectivity index is 2.27. The van der Waals surface area contributed by atoms with Crippen LogP contribution in [0.4, 0.5) is 4.79 Å². The molecule has 1 fully saturated rings. The molecule has 0 saturated heterocycles. The summed E-state index contributed by atoms with van der Waals surface area (Å²) in [7, 11) is 0. The lowest BCUT2D eigenvalue weighted by molar-refractivity contribution is -0.0120. The zero-order valence-electron chi connectivity index (χ0n) is 9.74. The van der Waals surface area contributed by atoms with Crippen molar-refractivity contribution in [3.8, 4) is 0 Å². The number of rotatable bonds is 4. The van der Waals surface area contributed by atoms with Gasteiger partial charge in [0.25, 0.3) is 0 Å². The van der Waals surface area contributed by atoms with Crippen LogP contribution in [0.5, 0.6) is 0 Å². The second-order valence-electron chi connectivity index (χ2n) is 4.64. The first-order chi connectivity index (χ1) is 7.56. The highest BCUT2D eigenvalue weighted by atomic mass is 16.6. The molecular weight excluding hydrogens is 210 g/mol. The van der Waals surface area contributed by atoms with E-state index in [0.717, 1.165) is 19.3 Å². The van der Waals surface area contributed by atoms with Crippen molar-refractivity contribution in [2.45, 2.75) is 38.2 Å². The van der Waals surface area contributed by atoms with Gasteiger partial charge < -0.3 is 20.3 Å². The van der Waals surface area contributed by atoms with E-state index in [1.165, 1.54) is 0 Å². The van der Waals surface area contributed by atoms with Crippen molar-refractivity contribution in [1.82, 2.24) is 5.32 Å². The van der Waals surface area contributed by atoms with Gasteiger partial charge in [-0.1, -0.05) is 19.8 Å². The highest BCUT2D eigenvalue weighted by Gasteiger charge is 2.32. The fraction of sp³-hybridized carbons (Fsp3) is 0.909. The van der Waals surface area contributed by atoms with Gasteiger partial charge in [-0.05, 0) is 18.8 Å². The molecule has 1 rings (SSSR count). The van der Waals surface area contributed by atoms with Gasteiger partial charge in [-0.15, -0.1) is 0 Å². The number of carbonyl (C=O) groups is 1. The van der Waals surface area contributed by atoms with Crippen molar-refractivity contribution >= 4 is 6.09 Å². The summed E-state index contributed by atoms with van der Waals surface area (Å²) in [6.07, 6.45) is 2.98. The molecule has 5 nitrogen and oxygen atoms in total. The van der Waals surface area contributed by atoms with Gasteiger partial charge in [-0.25, -0.2) is 4.79 Å².